The molecule has 7 heteroatoms. The van der Waals surface area contributed by atoms with Gasteiger partial charge in [-0.2, -0.15) is 0 Å². The smallest absolute Gasteiger partial charge is 0.252 e. The van der Waals surface area contributed by atoms with Gasteiger partial charge in [-0.1, -0.05) is 87.0 Å². The number of nitrogens with one attached hydrogen (secondary N) is 2. The molecule has 3 aromatic rings. The molecule has 0 heterocycles. The number of hydrogen-bond donors (Lipinski definition) is 2. The topological polar surface area (TPSA) is 84.5 Å². The summed E-state index contributed by atoms with van der Waals surface area (Å²) >= 11 is 0. The number of aryl methyl sites for hydroxylation is 1. The molecule has 1 unspecified atom stereocenters. The van der Waals surface area contributed by atoms with Gasteiger partial charge in [0.05, 0.1) is 12.6 Å². The van der Waals surface area contributed by atoms with Crippen LogP contribution in [0.25, 0.3) is 0 Å². The largest absolute Gasteiger partial charge is 0.369 e. The van der Waals surface area contributed by atoms with Crippen molar-refractivity contribution >= 4 is 17.6 Å². The number of hydrogen-bond acceptors (Lipinski definition) is 4. The molecule has 38 heavy (non-hydrogen) atoms. The second-order valence-corrected chi connectivity index (χ2v) is 9.38. The molecule has 0 bridgehead atoms. The summed E-state index contributed by atoms with van der Waals surface area (Å²) in [6.07, 6.45) is 1.58. The average Bonchev–Trinajstić information content (AvgIpc) is 2.94. The minimum atomic E-state index is -0.895. The number of Topliss-reactive ketones (excluding diaryl/α,β-unsaturated/α-hetero) is 1. The van der Waals surface area contributed by atoms with Crippen LogP contribution < -0.4 is 10.6 Å². The van der Waals surface area contributed by atoms with E-state index in [4.69, 9.17) is 4.74 Å². The van der Waals surface area contributed by atoms with Gasteiger partial charge in [-0.3, -0.25) is 14.4 Å². The third-order valence-corrected chi connectivity index (χ3v) is 6.49. The van der Waals surface area contributed by atoms with Crippen LogP contribution >= 0.6 is 0 Å². The first-order valence-corrected chi connectivity index (χ1v) is 12.9. The van der Waals surface area contributed by atoms with Gasteiger partial charge in [0.25, 0.3) is 5.91 Å². The van der Waals surface area contributed by atoms with Crippen LogP contribution in [0.2, 0.25) is 0 Å². The van der Waals surface area contributed by atoms with Crippen LogP contribution in [0.1, 0.15) is 48.2 Å². The Balaban J connectivity index is 1.70. The molecule has 2 N–H and O–H groups in total. The van der Waals surface area contributed by atoms with Crippen LogP contribution in [0, 0.1) is 11.7 Å². The number of carbonyl (C=O) groups is 3. The molecule has 3 atom stereocenters. The molecule has 0 saturated carbocycles. The van der Waals surface area contributed by atoms with Crippen LogP contribution in [0.4, 0.5) is 4.39 Å². The molecule has 2 amide bonds. The minimum absolute atomic E-state index is 0.122. The number of carbonyl (C=O) groups excluding carboxylic acids is 3. The summed E-state index contributed by atoms with van der Waals surface area (Å²) in [5, 5.41) is 5.60. The summed E-state index contributed by atoms with van der Waals surface area (Å²) in [5.41, 5.74) is 2.11. The minimum Gasteiger partial charge on any atom is -0.369 e. The van der Waals surface area contributed by atoms with E-state index in [-0.39, 0.29) is 30.5 Å². The van der Waals surface area contributed by atoms with Gasteiger partial charge in [0.15, 0.2) is 5.78 Å². The zero-order valence-corrected chi connectivity index (χ0v) is 21.9. The maximum absolute atomic E-state index is 13.6. The maximum atomic E-state index is 13.6. The average molecular weight is 519 g/mol. The van der Waals surface area contributed by atoms with Gasteiger partial charge < -0.3 is 15.4 Å². The highest BCUT2D eigenvalue weighted by molar-refractivity contribution is 5.98. The third kappa shape index (κ3) is 8.92. The highest BCUT2D eigenvalue weighted by Crippen LogP contribution is 2.13. The number of benzene rings is 3. The lowest BCUT2D eigenvalue weighted by Gasteiger charge is -2.26. The predicted molar refractivity (Wildman–Crippen MR) is 145 cm³/mol. The van der Waals surface area contributed by atoms with Crippen molar-refractivity contribution in [1.29, 1.82) is 0 Å². The Labute approximate surface area is 223 Å². The molecule has 0 aliphatic carbocycles. The summed E-state index contributed by atoms with van der Waals surface area (Å²) in [4.78, 5) is 39.4. The molecule has 3 aromatic carbocycles. The number of rotatable bonds is 14. The molecule has 0 spiro atoms. The zero-order chi connectivity index (χ0) is 27.3. The molecule has 0 aliphatic heterocycles. The monoisotopic (exact) mass is 518 g/mol. The van der Waals surface area contributed by atoms with Gasteiger partial charge in [0.1, 0.15) is 18.5 Å². The molecule has 0 aliphatic rings. The maximum Gasteiger partial charge on any atom is 0.252 e. The van der Waals surface area contributed by atoms with Crippen molar-refractivity contribution in [3.05, 3.63) is 107 Å². The zero-order valence-electron chi connectivity index (χ0n) is 21.9. The van der Waals surface area contributed by atoms with Crippen molar-refractivity contribution in [2.75, 3.05) is 6.61 Å². The van der Waals surface area contributed by atoms with Crippen molar-refractivity contribution in [3.63, 3.8) is 0 Å². The van der Waals surface area contributed by atoms with Crippen molar-refractivity contribution < 1.29 is 23.5 Å². The van der Waals surface area contributed by atoms with Crippen molar-refractivity contribution in [2.45, 2.75) is 51.8 Å². The van der Waals surface area contributed by atoms with E-state index >= 15 is 0 Å². The second kappa shape index (κ2) is 14.8. The molecular formula is C31H35FN2O4. The Hall–Kier alpha value is -3.84. The van der Waals surface area contributed by atoms with E-state index < -0.39 is 29.7 Å². The molecule has 0 aromatic heterocycles. The van der Waals surface area contributed by atoms with Crippen molar-refractivity contribution in [3.8, 4) is 0 Å². The molecular weight excluding hydrogens is 483 g/mol. The summed E-state index contributed by atoms with van der Waals surface area (Å²) in [6.45, 7) is 3.89. The summed E-state index contributed by atoms with van der Waals surface area (Å²) in [5.74, 6) is -2.01. The standard InChI is InChI=1S/C31H35FN2O4/c1-3-22(2)29(34-30(36)25-15-10-16-26(32)19-25)31(37)33-27(18-17-23-11-6-4-7-12-23)28(35)21-38-20-24-13-8-5-9-14-24/h4-16,19,22,27,29H,3,17-18,20-21H2,1-2H3,(H,33,37)(H,34,36)/t22?,27-,29-/m0/s1. The first-order chi connectivity index (χ1) is 18.4. The Bertz CT molecular complexity index is 1190. The van der Waals surface area contributed by atoms with Crippen LogP contribution in [0.5, 0.6) is 0 Å². The van der Waals surface area contributed by atoms with E-state index in [0.717, 1.165) is 17.2 Å². The third-order valence-electron chi connectivity index (χ3n) is 6.49. The first-order valence-electron chi connectivity index (χ1n) is 12.9. The van der Waals surface area contributed by atoms with Gasteiger partial charge in [-0.25, -0.2) is 4.39 Å². The molecule has 200 valence electrons. The Morgan fingerprint density at radius 3 is 2.16 bits per heavy atom. The fraction of sp³-hybridized carbons (Fsp3) is 0.323. The van der Waals surface area contributed by atoms with Crippen LogP contribution in [0.15, 0.2) is 84.9 Å². The van der Waals surface area contributed by atoms with Crippen molar-refractivity contribution in [2.24, 2.45) is 5.92 Å². The predicted octanol–water partition coefficient (Wildman–Crippen LogP) is 4.87. The lowest BCUT2D eigenvalue weighted by atomic mass is 9.96. The number of halogens is 1. The number of ketones is 1. The Morgan fingerprint density at radius 2 is 1.53 bits per heavy atom. The second-order valence-electron chi connectivity index (χ2n) is 9.38. The first kappa shape index (κ1) is 28.7. The molecule has 3 rings (SSSR count). The van der Waals surface area contributed by atoms with E-state index in [9.17, 15) is 18.8 Å². The lowest BCUT2D eigenvalue weighted by molar-refractivity contribution is -0.132. The van der Waals surface area contributed by atoms with E-state index in [1.54, 1.807) is 0 Å². The normalized spacial score (nSPS) is 13.2. The lowest BCUT2D eigenvalue weighted by Crippen LogP contribution is -2.54. The quantitative estimate of drug-likeness (QED) is 0.319. The van der Waals surface area contributed by atoms with Gasteiger partial charge in [0.2, 0.25) is 5.91 Å². The van der Waals surface area contributed by atoms with Crippen molar-refractivity contribution in [1.82, 2.24) is 10.6 Å². The van der Waals surface area contributed by atoms with E-state index in [0.29, 0.717) is 19.3 Å². The van der Waals surface area contributed by atoms with Crippen LogP contribution in [-0.4, -0.2) is 36.3 Å². The van der Waals surface area contributed by atoms with Gasteiger partial charge in [-0.05, 0) is 48.1 Å². The summed E-state index contributed by atoms with van der Waals surface area (Å²) < 4.78 is 19.3. The fourth-order valence-corrected chi connectivity index (χ4v) is 4.03. The highest BCUT2D eigenvalue weighted by Gasteiger charge is 2.30. The summed E-state index contributed by atoms with van der Waals surface area (Å²) in [7, 11) is 0. The van der Waals surface area contributed by atoms with Gasteiger partial charge in [-0.15, -0.1) is 0 Å². The van der Waals surface area contributed by atoms with E-state index in [1.165, 1.54) is 18.2 Å². The Kier molecular flexibility index (Phi) is 11.2. The highest BCUT2D eigenvalue weighted by atomic mass is 19.1. The van der Waals surface area contributed by atoms with E-state index in [1.807, 2.05) is 74.5 Å². The van der Waals surface area contributed by atoms with Crippen LogP contribution in [-0.2, 0) is 27.4 Å². The van der Waals surface area contributed by atoms with E-state index in [2.05, 4.69) is 10.6 Å². The molecule has 0 saturated heterocycles. The number of ether oxygens (including phenoxy) is 1. The molecule has 6 nitrogen and oxygen atoms in total. The van der Waals surface area contributed by atoms with Crippen LogP contribution in [0.3, 0.4) is 0 Å². The summed E-state index contributed by atoms with van der Waals surface area (Å²) in [6, 6.07) is 22.8. The fourth-order valence-electron chi connectivity index (χ4n) is 4.03. The molecule has 0 fully saturated rings. The van der Waals surface area contributed by atoms with Gasteiger partial charge >= 0.3 is 0 Å². The SMILES string of the molecule is CCC(C)[C@H](NC(=O)c1cccc(F)c1)C(=O)N[C@@H](CCc1ccccc1)C(=O)COCc1ccccc1. The van der Waals surface area contributed by atoms with Gasteiger partial charge in [0, 0.05) is 5.56 Å². The number of amides is 2. The molecule has 0 radical (unpaired) electrons. The Morgan fingerprint density at radius 1 is 0.868 bits per heavy atom.